The summed E-state index contributed by atoms with van der Waals surface area (Å²) in [6.07, 6.45) is 3.70. The van der Waals surface area contributed by atoms with Crippen molar-refractivity contribution in [2.45, 2.75) is 84.1 Å². The van der Waals surface area contributed by atoms with Gasteiger partial charge in [0.05, 0.1) is 18.1 Å². The van der Waals surface area contributed by atoms with Gasteiger partial charge in [-0.05, 0) is 67.3 Å². The average molecular weight is 500 g/mol. The number of hydrogen-bond acceptors (Lipinski definition) is 4. The molecule has 0 bridgehead atoms. The zero-order valence-corrected chi connectivity index (χ0v) is 22.9. The monoisotopic (exact) mass is 500 g/mol. The molecule has 1 aliphatic carbocycles. The number of nitrogens with zero attached hydrogens (tertiary/aromatic N) is 1. The van der Waals surface area contributed by atoms with Crippen LogP contribution in [0.25, 0.3) is 0 Å². The van der Waals surface area contributed by atoms with Gasteiger partial charge in [0.25, 0.3) is 0 Å². The van der Waals surface area contributed by atoms with Crippen LogP contribution in [0.5, 0.6) is 0 Å². The molecule has 2 amide bonds. The first kappa shape index (κ1) is 27.4. The fraction of sp³-hybridized carbons (Fsp3) is 0.533. The van der Waals surface area contributed by atoms with E-state index in [9.17, 15) is 9.59 Å². The van der Waals surface area contributed by atoms with E-state index >= 15 is 0 Å². The van der Waals surface area contributed by atoms with Crippen molar-refractivity contribution in [3.63, 3.8) is 0 Å². The Balaban J connectivity index is 1.60. The Morgan fingerprint density at radius 2 is 1.86 bits per heavy atom. The van der Waals surface area contributed by atoms with Crippen LogP contribution in [0.4, 0.5) is 0 Å². The molecule has 37 heavy (non-hydrogen) atoms. The van der Waals surface area contributed by atoms with Crippen LogP contribution in [-0.4, -0.2) is 56.3 Å². The molecule has 2 aromatic carbocycles. The lowest BCUT2D eigenvalue weighted by Gasteiger charge is -2.42. The smallest absolute Gasteiger partial charge is 0.238 e. The predicted octanol–water partition coefficient (Wildman–Crippen LogP) is 2.54. The Morgan fingerprint density at radius 3 is 2.59 bits per heavy atom. The van der Waals surface area contributed by atoms with Gasteiger partial charge in [0.15, 0.2) is 0 Å². The second-order valence-electron chi connectivity index (χ2n) is 11.8. The van der Waals surface area contributed by atoms with Crippen LogP contribution in [0, 0.1) is 5.41 Å². The number of carbonyl (C=O) groups excluding carboxylic acids is 2. The first-order valence-corrected chi connectivity index (χ1v) is 13.5. The fourth-order valence-corrected chi connectivity index (χ4v) is 5.48. The van der Waals surface area contributed by atoms with Gasteiger partial charge in [0.2, 0.25) is 11.8 Å². The lowest BCUT2D eigenvalue weighted by molar-refractivity contribution is -0.128. The van der Waals surface area contributed by atoms with Gasteiger partial charge in [-0.3, -0.25) is 14.5 Å². The SMILES string of the molecule is [B]c1ccc2c(c1)CN(C[C@@H](NC(=O)[C@H](C)NC)C(C)(C)C)C(C(=O)N[C@@H]1CCCc3ccccc31)C2. The molecular formula is C30H41BN4O2. The summed E-state index contributed by atoms with van der Waals surface area (Å²) in [6, 6.07) is 13.7. The highest BCUT2D eigenvalue weighted by Gasteiger charge is 2.37. The third-order valence-electron chi connectivity index (χ3n) is 8.05. The molecule has 0 spiro atoms. The molecule has 6 nitrogen and oxygen atoms in total. The molecular weight excluding hydrogens is 459 g/mol. The summed E-state index contributed by atoms with van der Waals surface area (Å²) < 4.78 is 0. The van der Waals surface area contributed by atoms with Crippen molar-refractivity contribution in [3.8, 4) is 0 Å². The number of likely N-dealkylation sites (N-methyl/N-ethyl adjacent to an activating group) is 1. The van der Waals surface area contributed by atoms with E-state index in [1.165, 1.54) is 11.1 Å². The van der Waals surface area contributed by atoms with E-state index in [0.717, 1.165) is 35.9 Å². The van der Waals surface area contributed by atoms with Crippen LogP contribution in [0.15, 0.2) is 42.5 Å². The molecule has 2 aromatic rings. The van der Waals surface area contributed by atoms with Gasteiger partial charge in [0, 0.05) is 19.1 Å². The van der Waals surface area contributed by atoms with E-state index in [1.807, 2.05) is 19.1 Å². The van der Waals surface area contributed by atoms with Gasteiger partial charge in [0.1, 0.15) is 7.85 Å². The summed E-state index contributed by atoms with van der Waals surface area (Å²) >= 11 is 0. The Labute approximate surface area is 223 Å². The van der Waals surface area contributed by atoms with Crippen molar-refractivity contribution in [1.29, 1.82) is 0 Å². The first-order valence-electron chi connectivity index (χ1n) is 13.5. The van der Waals surface area contributed by atoms with Crippen molar-refractivity contribution in [2.75, 3.05) is 13.6 Å². The standard InChI is InChI=1S/C30H41BN4O2/c1-19(32-5)28(36)34-27(30(2,3)4)18-35-17-22-15-23(31)14-13-21(22)16-26(35)29(37)33-25-12-8-10-20-9-6-7-11-24(20)25/h6-7,9,11,13-15,19,25-27,32H,8,10,12,16-18H2,1-5H3,(H,33,37)(H,34,36)/t19-,25+,26?,27+/m0/s1. The average Bonchev–Trinajstić information content (AvgIpc) is 2.86. The summed E-state index contributed by atoms with van der Waals surface area (Å²) in [6.45, 7) is 9.43. The van der Waals surface area contributed by atoms with E-state index in [-0.39, 0.29) is 41.4 Å². The van der Waals surface area contributed by atoms with Crippen LogP contribution in [-0.2, 0) is 29.0 Å². The normalized spacial score (nSPS) is 21.3. The largest absolute Gasteiger partial charge is 0.350 e. The van der Waals surface area contributed by atoms with E-state index in [2.05, 4.69) is 72.0 Å². The van der Waals surface area contributed by atoms with Gasteiger partial charge in [-0.2, -0.15) is 0 Å². The fourth-order valence-electron chi connectivity index (χ4n) is 5.48. The molecule has 0 saturated heterocycles. The molecule has 1 heterocycles. The number of benzene rings is 2. The summed E-state index contributed by atoms with van der Waals surface area (Å²) in [5, 5.41) is 9.66. The maximum atomic E-state index is 13.9. The Bertz CT molecular complexity index is 1130. The summed E-state index contributed by atoms with van der Waals surface area (Å²) in [5.74, 6) is 0.00986. The van der Waals surface area contributed by atoms with Crippen molar-refractivity contribution < 1.29 is 9.59 Å². The molecule has 2 aliphatic rings. The molecule has 3 N–H and O–H groups in total. The first-order chi connectivity index (χ1) is 17.6. The minimum absolute atomic E-state index is 0.0294. The highest BCUT2D eigenvalue weighted by molar-refractivity contribution is 6.32. The number of carbonyl (C=O) groups is 2. The van der Waals surface area contributed by atoms with E-state index in [1.54, 1.807) is 7.05 Å². The number of hydrogen-bond donors (Lipinski definition) is 3. The number of aryl methyl sites for hydroxylation is 1. The molecule has 4 rings (SSSR count). The Morgan fingerprint density at radius 1 is 1.11 bits per heavy atom. The highest BCUT2D eigenvalue weighted by atomic mass is 16.2. The lowest BCUT2D eigenvalue weighted by Crippen LogP contribution is -2.59. The third-order valence-corrected chi connectivity index (χ3v) is 8.05. The maximum absolute atomic E-state index is 13.9. The molecule has 196 valence electrons. The molecule has 4 atom stereocenters. The third kappa shape index (κ3) is 6.44. The van der Waals surface area contributed by atoms with Crippen LogP contribution < -0.4 is 21.4 Å². The summed E-state index contributed by atoms with van der Waals surface area (Å²) in [7, 11) is 7.90. The van der Waals surface area contributed by atoms with Crippen molar-refractivity contribution in [3.05, 3.63) is 64.7 Å². The van der Waals surface area contributed by atoms with Crippen molar-refractivity contribution in [2.24, 2.45) is 5.41 Å². The Hall–Kier alpha value is -2.64. The van der Waals surface area contributed by atoms with Gasteiger partial charge >= 0.3 is 0 Å². The molecule has 0 aromatic heterocycles. The molecule has 7 heteroatoms. The minimum atomic E-state index is -0.325. The van der Waals surface area contributed by atoms with E-state index < -0.39 is 0 Å². The molecule has 2 radical (unpaired) electrons. The maximum Gasteiger partial charge on any atom is 0.238 e. The van der Waals surface area contributed by atoms with Gasteiger partial charge < -0.3 is 16.0 Å². The van der Waals surface area contributed by atoms with Crippen LogP contribution in [0.1, 0.15) is 68.8 Å². The molecule has 1 unspecified atom stereocenters. The quantitative estimate of drug-likeness (QED) is 0.511. The molecule has 0 fully saturated rings. The van der Waals surface area contributed by atoms with E-state index in [4.69, 9.17) is 7.85 Å². The summed E-state index contributed by atoms with van der Waals surface area (Å²) in [5.41, 5.74) is 5.41. The van der Waals surface area contributed by atoms with Crippen LogP contribution >= 0.6 is 0 Å². The van der Waals surface area contributed by atoms with Crippen molar-refractivity contribution in [1.82, 2.24) is 20.9 Å². The zero-order chi connectivity index (χ0) is 26.7. The van der Waals surface area contributed by atoms with Gasteiger partial charge in [-0.25, -0.2) is 0 Å². The second kappa shape index (κ2) is 11.4. The van der Waals surface area contributed by atoms with Crippen LogP contribution in [0.3, 0.4) is 0 Å². The number of fused-ring (bicyclic) bond motifs is 2. The lowest BCUT2D eigenvalue weighted by atomic mass is 9.83. The molecule has 1 aliphatic heterocycles. The van der Waals surface area contributed by atoms with Crippen molar-refractivity contribution >= 4 is 25.1 Å². The number of nitrogens with one attached hydrogen (secondary N) is 3. The predicted molar refractivity (Wildman–Crippen MR) is 150 cm³/mol. The van der Waals surface area contributed by atoms with Gasteiger partial charge in [-0.15, -0.1) is 0 Å². The number of rotatable bonds is 7. The van der Waals surface area contributed by atoms with E-state index in [0.29, 0.717) is 19.5 Å². The highest BCUT2D eigenvalue weighted by Crippen LogP contribution is 2.31. The minimum Gasteiger partial charge on any atom is -0.350 e. The topological polar surface area (TPSA) is 73.5 Å². The number of amides is 2. The zero-order valence-electron chi connectivity index (χ0n) is 22.9. The van der Waals surface area contributed by atoms with Gasteiger partial charge in [-0.1, -0.05) is 68.7 Å². The Kier molecular flexibility index (Phi) is 8.44. The second-order valence-corrected chi connectivity index (χ2v) is 11.8. The summed E-state index contributed by atoms with van der Waals surface area (Å²) in [4.78, 5) is 28.9. The van der Waals surface area contributed by atoms with Crippen LogP contribution in [0.2, 0.25) is 0 Å². The molecule has 0 saturated carbocycles.